The molecule has 0 fully saturated rings. The van der Waals surface area contributed by atoms with Gasteiger partial charge in [-0.25, -0.2) is 0 Å². The Kier molecular flexibility index (Phi) is 2.59. The van der Waals surface area contributed by atoms with E-state index in [1.807, 2.05) is 0 Å². The molecule has 2 aromatic heterocycles. The van der Waals surface area contributed by atoms with Crippen LogP contribution < -0.4 is 5.73 Å². The van der Waals surface area contributed by atoms with Crippen molar-refractivity contribution < 1.29 is 0 Å². The maximum atomic E-state index is 5.43. The van der Waals surface area contributed by atoms with Gasteiger partial charge >= 0.3 is 0 Å². The first kappa shape index (κ1) is 9.97. The lowest BCUT2D eigenvalue weighted by molar-refractivity contribution is 0.813. The van der Waals surface area contributed by atoms with E-state index in [1.54, 1.807) is 12.4 Å². The lowest BCUT2D eigenvalue weighted by Crippen LogP contribution is -1.95. The van der Waals surface area contributed by atoms with Crippen LogP contribution in [-0.4, -0.2) is 19.3 Å². The molecule has 0 amide bonds. The van der Waals surface area contributed by atoms with Crippen molar-refractivity contribution in [2.75, 3.05) is 5.73 Å². The van der Waals surface area contributed by atoms with E-state index >= 15 is 0 Å². The zero-order valence-electron chi connectivity index (χ0n) is 8.51. The van der Waals surface area contributed by atoms with Crippen LogP contribution in [0.15, 0.2) is 12.4 Å². The normalized spacial score (nSPS) is 10.9. The molecule has 0 bridgehead atoms. The summed E-state index contributed by atoms with van der Waals surface area (Å²) >= 11 is 1.23. The van der Waals surface area contributed by atoms with Gasteiger partial charge in [-0.05, 0) is 17.5 Å². The first-order chi connectivity index (χ1) is 7.16. The van der Waals surface area contributed by atoms with Gasteiger partial charge in [0, 0.05) is 6.20 Å². The van der Waals surface area contributed by atoms with Crippen LogP contribution >= 0.6 is 11.5 Å². The number of anilines is 1. The van der Waals surface area contributed by atoms with Gasteiger partial charge in [0.05, 0.1) is 11.9 Å². The topological polar surface area (TPSA) is 77.6 Å². The van der Waals surface area contributed by atoms with Gasteiger partial charge in [-0.3, -0.25) is 9.97 Å². The van der Waals surface area contributed by atoms with Crippen LogP contribution in [0, 0.1) is 0 Å². The quantitative estimate of drug-likeness (QED) is 0.835. The van der Waals surface area contributed by atoms with Crippen LogP contribution in [0.1, 0.15) is 25.5 Å². The highest BCUT2D eigenvalue weighted by Crippen LogP contribution is 2.20. The van der Waals surface area contributed by atoms with Crippen LogP contribution in [0.4, 0.5) is 5.95 Å². The van der Waals surface area contributed by atoms with Crippen molar-refractivity contribution in [1.29, 1.82) is 0 Å². The molecule has 6 heteroatoms. The van der Waals surface area contributed by atoms with E-state index in [0.717, 1.165) is 5.69 Å². The molecule has 2 aromatic rings. The van der Waals surface area contributed by atoms with Crippen LogP contribution in [0.2, 0.25) is 0 Å². The number of hydrogen-bond donors (Lipinski definition) is 1. The summed E-state index contributed by atoms with van der Waals surface area (Å²) in [6.07, 6.45) is 3.47. The minimum atomic E-state index is 0.282. The molecule has 2 heterocycles. The van der Waals surface area contributed by atoms with Crippen LogP contribution in [0.3, 0.4) is 0 Å². The predicted molar refractivity (Wildman–Crippen MR) is 59.4 cm³/mol. The standard InChI is InChI=1S/C9H11N5S/c1-5(2)6-3-12-7(4-11-6)8-13-9(10)14-15-8/h3-5H,1-2H3,(H2,10,14). The first-order valence-electron chi connectivity index (χ1n) is 4.58. The van der Waals surface area contributed by atoms with Gasteiger partial charge in [-0.2, -0.15) is 9.36 Å². The zero-order valence-corrected chi connectivity index (χ0v) is 9.32. The maximum absolute atomic E-state index is 5.43. The molecule has 0 atom stereocenters. The Bertz CT molecular complexity index is 448. The molecular formula is C9H11N5S. The minimum Gasteiger partial charge on any atom is -0.367 e. The summed E-state index contributed by atoms with van der Waals surface area (Å²) in [5.41, 5.74) is 7.12. The second-order valence-electron chi connectivity index (χ2n) is 3.44. The Morgan fingerprint density at radius 3 is 2.53 bits per heavy atom. The van der Waals surface area contributed by atoms with E-state index in [4.69, 9.17) is 5.73 Å². The predicted octanol–water partition coefficient (Wildman–Crippen LogP) is 1.70. The molecule has 0 aromatic carbocycles. The highest BCUT2D eigenvalue weighted by atomic mass is 32.1. The molecule has 0 saturated heterocycles. The molecule has 0 aliphatic rings. The third-order valence-electron chi connectivity index (χ3n) is 1.92. The Hall–Kier alpha value is -1.56. The van der Waals surface area contributed by atoms with Crippen LogP contribution in [0.25, 0.3) is 10.7 Å². The van der Waals surface area contributed by atoms with E-state index in [0.29, 0.717) is 16.6 Å². The SMILES string of the molecule is CC(C)c1cnc(-c2nc(N)ns2)cn1. The van der Waals surface area contributed by atoms with E-state index in [2.05, 4.69) is 33.2 Å². The monoisotopic (exact) mass is 221 g/mol. The van der Waals surface area contributed by atoms with Crippen molar-refractivity contribution in [2.24, 2.45) is 0 Å². The van der Waals surface area contributed by atoms with Crippen molar-refractivity contribution in [3.8, 4) is 10.7 Å². The summed E-state index contributed by atoms with van der Waals surface area (Å²) in [4.78, 5) is 12.6. The van der Waals surface area contributed by atoms with Crippen LogP contribution in [0.5, 0.6) is 0 Å². The fourth-order valence-electron chi connectivity index (χ4n) is 1.09. The smallest absolute Gasteiger partial charge is 0.232 e. The maximum Gasteiger partial charge on any atom is 0.232 e. The Morgan fingerprint density at radius 2 is 2.07 bits per heavy atom. The average molecular weight is 221 g/mol. The Labute approximate surface area is 91.6 Å². The van der Waals surface area contributed by atoms with Crippen molar-refractivity contribution in [3.63, 3.8) is 0 Å². The van der Waals surface area contributed by atoms with Crippen molar-refractivity contribution >= 4 is 17.5 Å². The molecule has 0 spiro atoms. The van der Waals surface area contributed by atoms with Gasteiger partial charge in [-0.15, -0.1) is 0 Å². The van der Waals surface area contributed by atoms with Crippen molar-refractivity contribution in [2.45, 2.75) is 19.8 Å². The molecule has 0 saturated carbocycles. The van der Waals surface area contributed by atoms with Gasteiger partial charge < -0.3 is 5.73 Å². The third kappa shape index (κ3) is 2.10. The summed E-state index contributed by atoms with van der Waals surface area (Å²) in [7, 11) is 0. The molecule has 2 N–H and O–H groups in total. The summed E-state index contributed by atoms with van der Waals surface area (Å²) in [6, 6.07) is 0. The summed E-state index contributed by atoms with van der Waals surface area (Å²) in [6.45, 7) is 4.15. The van der Waals surface area contributed by atoms with E-state index in [1.165, 1.54) is 11.5 Å². The molecule has 15 heavy (non-hydrogen) atoms. The summed E-state index contributed by atoms with van der Waals surface area (Å²) in [5, 5.41) is 0.704. The van der Waals surface area contributed by atoms with Crippen LogP contribution in [-0.2, 0) is 0 Å². The summed E-state index contributed by atoms with van der Waals surface area (Å²) in [5.74, 6) is 0.663. The Morgan fingerprint density at radius 1 is 1.27 bits per heavy atom. The van der Waals surface area contributed by atoms with E-state index < -0.39 is 0 Å². The fraction of sp³-hybridized carbons (Fsp3) is 0.333. The molecule has 5 nitrogen and oxygen atoms in total. The zero-order chi connectivity index (χ0) is 10.8. The second kappa shape index (κ2) is 3.90. The van der Waals surface area contributed by atoms with Gasteiger partial charge in [0.1, 0.15) is 5.69 Å². The minimum absolute atomic E-state index is 0.282. The lowest BCUT2D eigenvalue weighted by atomic mass is 10.1. The molecule has 78 valence electrons. The van der Waals surface area contributed by atoms with E-state index in [9.17, 15) is 0 Å². The number of rotatable bonds is 2. The molecule has 0 radical (unpaired) electrons. The average Bonchev–Trinajstić information content (AvgIpc) is 2.65. The number of nitrogens with two attached hydrogens (primary N) is 1. The van der Waals surface area contributed by atoms with Crippen molar-refractivity contribution in [3.05, 3.63) is 18.1 Å². The van der Waals surface area contributed by atoms with Gasteiger partial charge in [0.15, 0.2) is 5.01 Å². The largest absolute Gasteiger partial charge is 0.367 e. The second-order valence-corrected chi connectivity index (χ2v) is 4.19. The van der Waals surface area contributed by atoms with Gasteiger partial charge in [0.25, 0.3) is 0 Å². The number of nitrogen functional groups attached to an aromatic ring is 1. The molecule has 0 aliphatic carbocycles. The lowest BCUT2D eigenvalue weighted by Gasteiger charge is -2.02. The number of nitrogens with zero attached hydrogens (tertiary/aromatic N) is 4. The fourth-order valence-corrected chi connectivity index (χ4v) is 1.64. The van der Waals surface area contributed by atoms with Crippen molar-refractivity contribution in [1.82, 2.24) is 19.3 Å². The van der Waals surface area contributed by atoms with E-state index in [-0.39, 0.29) is 5.95 Å². The van der Waals surface area contributed by atoms with Gasteiger partial charge in [-0.1, -0.05) is 13.8 Å². The highest BCUT2D eigenvalue weighted by Gasteiger charge is 2.07. The molecule has 0 aliphatic heterocycles. The summed E-state index contributed by atoms with van der Waals surface area (Å²) < 4.78 is 3.89. The molecular weight excluding hydrogens is 210 g/mol. The third-order valence-corrected chi connectivity index (χ3v) is 2.68. The molecule has 2 rings (SSSR count). The number of hydrogen-bond acceptors (Lipinski definition) is 6. The van der Waals surface area contributed by atoms with Gasteiger partial charge in [0.2, 0.25) is 5.95 Å². The molecule has 0 unspecified atom stereocenters. The highest BCUT2D eigenvalue weighted by molar-refractivity contribution is 7.09. The Balaban J connectivity index is 2.31. The first-order valence-corrected chi connectivity index (χ1v) is 5.35. The number of aromatic nitrogens is 4.